The second kappa shape index (κ2) is 10.4. The topological polar surface area (TPSA) is 239 Å². The van der Waals surface area contributed by atoms with Gasteiger partial charge in [0.25, 0.3) is 11.5 Å². The van der Waals surface area contributed by atoms with E-state index in [-0.39, 0.29) is 28.6 Å². The van der Waals surface area contributed by atoms with Crippen LogP contribution in [0.15, 0.2) is 35.4 Å². The molecular weight excluding hydrogens is 517 g/mol. The van der Waals surface area contributed by atoms with Crippen LogP contribution in [-0.4, -0.2) is 82.6 Å². The number of carbonyl (C=O) groups is 1. The van der Waals surface area contributed by atoms with Crippen molar-refractivity contribution in [1.29, 1.82) is 0 Å². The Balaban J connectivity index is 1.54. The maximum Gasteiger partial charge on any atom is 0.469 e. The number of imidazole rings is 1. The Labute approximate surface area is 207 Å². The third-order valence-corrected chi connectivity index (χ3v) is 5.81. The highest BCUT2D eigenvalue weighted by Gasteiger charge is 2.45. The van der Waals surface area contributed by atoms with Gasteiger partial charge in [0, 0.05) is 6.08 Å². The predicted octanol–water partition coefficient (Wildman–Crippen LogP) is -0.786. The van der Waals surface area contributed by atoms with E-state index in [1.165, 1.54) is 25.3 Å². The number of benzene rings is 1. The Morgan fingerprint density at radius 3 is 2.78 bits per heavy atom. The number of nitrogens with one attached hydrogen (secondary N) is 2. The molecule has 0 unspecified atom stereocenters. The van der Waals surface area contributed by atoms with Crippen molar-refractivity contribution >= 4 is 36.9 Å². The number of nitrogens with zero attached hydrogens (tertiary/aromatic N) is 3. The van der Waals surface area contributed by atoms with E-state index in [2.05, 4.69) is 24.8 Å². The van der Waals surface area contributed by atoms with Gasteiger partial charge >= 0.3 is 7.82 Å². The van der Waals surface area contributed by atoms with Gasteiger partial charge in [0.15, 0.2) is 28.9 Å². The maximum absolute atomic E-state index is 12.5. The highest BCUT2D eigenvalue weighted by molar-refractivity contribution is 7.46. The quantitative estimate of drug-likeness (QED) is 0.137. The second-order valence-corrected chi connectivity index (χ2v) is 9.06. The van der Waals surface area contributed by atoms with Crippen molar-refractivity contribution in [2.75, 3.05) is 19.0 Å². The normalized spacial score (nSPS) is 22.1. The van der Waals surface area contributed by atoms with E-state index in [0.29, 0.717) is 5.56 Å². The van der Waals surface area contributed by atoms with E-state index < -0.39 is 50.4 Å². The zero-order valence-corrected chi connectivity index (χ0v) is 19.8. The maximum atomic E-state index is 12.5. The van der Waals surface area contributed by atoms with E-state index in [1.807, 2.05) is 0 Å². The number of H-pyrrole nitrogens is 1. The third-order valence-electron chi connectivity index (χ3n) is 5.32. The number of phenols is 1. The molecule has 0 radical (unpaired) electrons. The Hall–Kier alpha value is -3.63. The fourth-order valence-corrected chi connectivity index (χ4v) is 3.91. The average Bonchev–Trinajstić information content (AvgIpc) is 3.38. The first-order chi connectivity index (χ1) is 17.5. The number of ether oxygens (including phenoxy) is 2. The van der Waals surface area contributed by atoms with Crippen LogP contribution in [0.1, 0.15) is 11.8 Å². The molecule has 0 aliphatic carbocycles. The van der Waals surface area contributed by atoms with Crippen LogP contribution in [0, 0.1) is 0 Å². The van der Waals surface area contributed by atoms with Crippen LogP contribution in [-0.2, 0) is 18.6 Å². The van der Waals surface area contributed by atoms with E-state index >= 15 is 0 Å². The van der Waals surface area contributed by atoms with Crippen molar-refractivity contribution in [3.63, 3.8) is 0 Å². The molecule has 198 valence electrons. The standard InChI is InChI=1S/C20H22N5O11P/c1-34-11-6-9(2-4-10(11)26)3-5-13(27)22-20-23-17-14(18(30)24-20)21-8-25(17)19-16(29)15(28)12(36-19)7-35-37(31,32)33/h2-6,8,12,15-16,19,26,28-29H,7H2,1H3,(H2,31,32,33)(H2,22,23,24,27,30)/b5-3+/t12-,15-,16-,19-/m1/s1. The first kappa shape index (κ1) is 26.4. The van der Waals surface area contributed by atoms with E-state index in [4.69, 9.17) is 19.3 Å². The molecule has 17 heteroatoms. The Kier molecular flexibility index (Phi) is 7.42. The lowest BCUT2D eigenvalue weighted by atomic mass is 10.1. The van der Waals surface area contributed by atoms with Gasteiger partial charge in [0.05, 0.1) is 20.0 Å². The first-order valence-electron chi connectivity index (χ1n) is 10.5. The summed E-state index contributed by atoms with van der Waals surface area (Å²) in [6, 6.07) is 4.44. The number of aromatic hydroxyl groups is 1. The summed E-state index contributed by atoms with van der Waals surface area (Å²) in [5.41, 5.74) is -0.451. The van der Waals surface area contributed by atoms with E-state index in [0.717, 1.165) is 17.0 Å². The molecule has 0 saturated carbocycles. The number of carbonyl (C=O) groups excluding carboxylic acids is 1. The molecule has 0 spiro atoms. The fraction of sp³-hybridized carbons (Fsp3) is 0.300. The number of fused-ring (bicyclic) bond motifs is 1. The summed E-state index contributed by atoms with van der Waals surface area (Å²) in [5.74, 6) is -0.779. The number of hydrogen-bond donors (Lipinski definition) is 7. The highest BCUT2D eigenvalue weighted by atomic mass is 31.2. The van der Waals surface area contributed by atoms with Crippen LogP contribution in [0.4, 0.5) is 5.95 Å². The number of hydrogen-bond acceptors (Lipinski definition) is 11. The van der Waals surface area contributed by atoms with Crippen molar-refractivity contribution in [3.05, 3.63) is 46.5 Å². The predicted molar refractivity (Wildman–Crippen MR) is 124 cm³/mol. The number of aliphatic hydroxyl groups is 2. The van der Waals surface area contributed by atoms with Crippen molar-refractivity contribution < 1.29 is 48.5 Å². The van der Waals surface area contributed by atoms with Crippen LogP contribution in [0.2, 0.25) is 0 Å². The molecule has 2 aromatic heterocycles. The molecule has 1 aromatic carbocycles. The number of phosphoric ester groups is 1. The van der Waals surface area contributed by atoms with Crippen molar-refractivity contribution in [3.8, 4) is 11.5 Å². The average molecular weight is 539 g/mol. The van der Waals surface area contributed by atoms with Crippen LogP contribution in [0.3, 0.4) is 0 Å². The summed E-state index contributed by atoms with van der Waals surface area (Å²) in [6.45, 7) is -0.722. The Bertz CT molecular complexity index is 1450. The lowest BCUT2D eigenvalue weighted by molar-refractivity contribution is -0.111. The van der Waals surface area contributed by atoms with E-state index in [1.54, 1.807) is 6.07 Å². The molecule has 4 rings (SSSR count). The van der Waals surface area contributed by atoms with Crippen molar-refractivity contribution in [1.82, 2.24) is 19.5 Å². The zero-order valence-electron chi connectivity index (χ0n) is 19.0. The number of amides is 1. The van der Waals surface area contributed by atoms with Gasteiger partial charge in [-0.1, -0.05) is 6.07 Å². The fourth-order valence-electron chi connectivity index (χ4n) is 3.57. The molecule has 7 N–H and O–H groups in total. The smallest absolute Gasteiger partial charge is 0.469 e. The van der Waals surface area contributed by atoms with Gasteiger partial charge in [-0.05, 0) is 23.8 Å². The molecule has 1 aliphatic rings. The minimum atomic E-state index is -4.86. The number of aromatic nitrogens is 4. The number of phenolic OH excluding ortho intramolecular Hbond substituents is 1. The van der Waals surface area contributed by atoms with Gasteiger partial charge in [0.1, 0.15) is 18.3 Å². The molecular formula is C20H22N5O11P. The summed E-state index contributed by atoms with van der Waals surface area (Å²) in [5, 5.41) is 32.7. The minimum Gasteiger partial charge on any atom is -0.504 e. The molecule has 16 nitrogen and oxygen atoms in total. The van der Waals surface area contributed by atoms with Gasteiger partial charge in [-0.2, -0.15) is 4.98 Å². The molecule has 1 aliphatic heterocycles. The van der Waals surface area contributed by atoms with Crippen LogP contribution >= 0.6 is 7.82 Å². The molecule has 1 fully saturated rings. The highest BCUT2D eigenvalue weighted by Crippen LogP contribution is 2.38. The molecule has 3 aromatic rings. The number of phosphoric acid groups is 1. The molecule has 3 heterocycles. The van der Waals surface area contributed by atoms with E-state index in [9.17, 15) is 29.5 Å². The SMILES string of the molecule is COc1cc(/C=C/C(=O)Nc2nc3c(ncn3[C@@H]3O[C@H](COP(=O)(O)O)[C@@H](O)[C@H]3O)c(=O)[nH]2)ccc1O. The number of anilines is 1. The number of aromatic amines is 1. The molecule has 1 saturated heterocycles. The second-order valence-electron chi connectivity index (χ2n) is 7.83. The van der Waals surface area contributed by atoms with Gasteiger partial charge in [0.2, 0.25) is 5.95 Å². The Morgan fingerprint density at radius 1 is 1.32 bits per heavy atom. The third kappa shape index (κ3) is 5.86. The van der Waals surface area contributed by atoms with Crippen LogP contribution in [0.5, 0.6) is 11.5 Å². The minimum absolute atomic E-state index is 0.0692. The summed E-state index contributed by atoms with van der Waals surface area (Å²) in [7, 11) is -3.48. The number of aliphatic hydroxyl groups excluding tert-OH is 2. The molecule has 0 bridgehead atoms. The van der Waals surface area contributed by atoms with Gasteiger partial charge < -0.3 is 34.6 Å². The lowest BCUT2D eigenvalue weighted by Crippen LogP contribution is -2.33. The number of rotatable bonds is 8. The lowest BCUT2D eigenvalue weighted by Gasteiger charge is -2.16. The summed E-state index contributed by atoms with van der Waals surface area (Å²) < 4.78 is 26.9. The van der Waals surface area contributed by atoms with Gasteiger partial charge in [-0.3, -0.25) is 29.0 Å². The largest absolute Gasteiger partial charge is 0.504 e. The summed E-state index contributed by atoms with van der Waals surface area (Å²) in [6.07, 6.45) is -2.13. The summed E-state index contributed by atoms with van der Waals surface area (Å²) in [4.78, 5) is 53.0. The van der Waals surface area contributed by atoms with Crippen LogP contribution < -0.4 is 15.6 Å². The van der Waals surface area contributed by atoms with Gasteiger partial charge in [-0.15, -0.1) is 0 Å². The first-order valence-corrected chi connectivity index (χ1v) is 12.0. The monoisotopic (exact) mass is 539 g/mol. The molecule has 4 atom stereocenters. The van der Waals surface area contributed by atoms with Crippen molar-refractivity contribution in [2.45, 2.75) is 24.5 Å². The van der Waals surface area contributed by atoms with Gasteiger partial charge in [-0.25, -0.2) is 9.55 Å². The van der Waals surface area contributed by atoms with Crippen LogP contribution in [0.25, 0.3) is 17.2 Å². The number of methoxy groups -OCH3 is 1. The zero-order chi connectivity index (χ0) is 26.9. The Morgan fingerprint density at radius 2 is 2.08 bits per heavy atom. The molecule has 1 amide bonds. The summed E-state index contributed by atoms with van der Waals surface area (Å²) >= 11 is 0. The molecule has 37 heavy (non-hydrogen) atoms. The van der Waals surface area contributed by atoms with Crippen molar-refractivity contribution in [2.24, 2.45) is 0 Å².